The van der Waals surface area contributed by atoms with Crippen LogP contribution in [0.5, 0.6) is 0 Å². The summed E-state index contributed by atoms with van der Waals surface area (Å²) in [5.74, 6) is 1.47. The van der Waals surface area contributed by atoms with Crippen molar-refractivity contribution in [2.45, 2.75) is 103 Å². The largest absolute Gasteiger partial charge is 0.453 e. The molecule has 8 rings (SSSR count). The molecule has 64 heavy (non-hydrogen) atoms. The summed E-state index contributed by atoms with van der Waals surface area (Å²) in [6.45, 7) is 8.32. The molecular formula is C42H57F5N12O5. The number of anilines is 5. The van der Waals surface area contributed by atoms with Gasteiger partial charge in [-0.05, 0) is 50.3 Å². The zero-order chi connectivity index (χ0) is 46.6. The van der Waals surface area contributed by atoms with Crippen molar-refractivity contribution in [3.05, 3.63) is 63.7 Å². The molecule has 1 aliphatic carbocycles. The maximum atomic E-state index is 13.5. The first-order valence-electron chi connectivity index (χ1n) is 21.3. The van der Waals surface area contributed by atoms with Crippen LogP contribution in [0.25, 0.3) is 0 Å². The molecule has 350 valence electrons. The van der Waals surface area contributed by atoms with Crippen molar-refractivity contribution in [3.63, 3.8) is 0 Å². The van der Waals surface area contributed by atoms with E-state index in [-0.39, 0.29) is 59.2 Å². The van der Waals surface area contributed by atoms with Crippen molar-refractivity contribution in [1.29, 1.82) is 0 Å². The van der Waals surface area contributed by atoms with Gasteiger partial charge in [-0.2, -0.15) is 23.4 Å². The fourth-order valence-corrected chi connectivity index (χ4v) is 8.37. The maximum absolute atomic E-state index is 13.5. The number of pyridine rings is 2. The van der Waals surface area contributed by atoms with Crippen LogP contribution in [0.2, 0.25) is 0 Å². The van der Waals surface area contributed by atoms with E-state index >= 15 is 0 Å². The molecule has 0 atom stereocenters. The van der Waals surface area contributed by atoms with Crippen molar-refractivity contribution in [1.82, 2.24) is 44.6 Å². The number of nitrogen functional groups attached to an aromatic ring is 1. The van der Waals surface area contributed by atoms with Gasteiger partial charge in [0, 0.05) is 94.6 Å². The Morgan fingerprint density at radius 1 is 0.906 bits per heavy atom. The lowest BCUT2D eigenvalue weighted by Gasteiger charge is -2.34. The Balaban J connectivity index is 0.000000205. The van der Waals surface area contributed by atoms with Gasteiger partial charge >= 0.3 is 18.3 Å². The van der Waals surface area contributed by atoms with Gasteiger partial charge in [0.15, 0.2) is 11.6 Å². The highest BCUT2D eigenvalue weighted by Crippen LogP contribution is 2.41. The number of alkyl halides is 5. The minimum Gasteiger partial charge on any atom is -0.453 e. The smallest absolute Gasteiger partial charge is 0.416 e. The van der Waals surface area contributed by atoms with Gasteiger partial charge in [0.1, 0.15) is 11.6 Å². The second-order valence-electron chi connectivity index (χ2n) is 15.8. The summed E-state index contributed by atoms with van der Waals surface area (Å²) < 4.78 is 81.2. The van der Waals surface area contributed by atoms with Crippen molar-refractivity contribution >= 4 is 41.1 Å². The third-order valence-corrected chi connectivity index (χ3v) is 11.9. The number of aromatic nitrogens is 6. The highest BCUT2D eigenvalue weighted by atomic mass is 19.4. The van der Waals surface area contributed by atoms with Crippen LogP contribution >= 0.6 is 0 Å². The number of fused-ring (bicyclic) bond motifs is 2. The average molecular weight is 905 g/mol. The lowest BCUT2D eigenvalue weighted by Crippen LogP contribution is -2.41. The third kappa shape index (κ3) is 9.81. The van der Waals surface area contributed by atoms with Crippen LogP contribution in [0, 0.1) is 6.92 Å². The van der Waals surface area contributed by atoms with E-state index in [1.807, 2.05) is 23.2 Å². The molecule has 4 aromatic rings. The van der Waals surface area contributed by atoms with Crippen molar-refractivity contribution < 1.29 is 46.1 Å². The van der Waals surface area contributed by atoms with E-state index in [1.54, 1.807) is 40.7 Å². The number of urea groups is 1. The van der Waals surface area contributed by atoms with Crippen LogP contribution in [-0.4, -0.2) is 117 Å². The van der Waals surface area contributed by atoms with Gasteiger partial charge in [-0.15, -0.1) is 0 Å². The number of methoxy groups -OCH3 is 1. The number of nitrogens with zero attached hydrogens (tertiary/aromatic N) is 10. The first-order valence-corrected chi connectivity index (χ1v) is 21.3. The number of aliphatic hydroxyl groups excluding tert-OH is 1. The standard InChI is InChI=1S/C21H27F3N6O2.C19H24F2N6O3.C2H6/c1-13-11-26-18(10-16(13)21(22,23)24)28(3)19-15-12-29(20(31)25-2)7-4-17(15)30(27-19)14-5-8-32-9-6-14;1-25(16-7-12(17(20)21)14(22)8-23-16)18-13-9-26(19(29)30-2)4-3-15(13)27(24-18)10-5-11(28)6-10;1-2/h10-11,14H,4-9,12H2,1-3H3,(H,25,31);7-8,10-11,17,28H,3-6,9,22H2,1-2H3;1-2H3. The van der Waals surface area contributed by atoms with Crippen molar-refractivity contribution in [2.75, 3.05) is 70.1 Å². The number of aryl methyl sites for hydroxylation is 1. The van der Waals surface area contributed by atoms with Gasteiger partial charge < -0.3 is 45.2 Å². The van der Waals surface area contributed by atoms with Gasteiger partial charge in [-0.25, -0.2) is 28.3 Å². The Morgan fingerprint density at radius 3 is 1.97 bits per heavy atom. The number of hydrogen-bond donors (Lipinski definition) is 3. The molecule has 0 spiro atoms. The Hall–Kier alpha value is -5.77. The molecule has 0 bridgehead atoms. The van der Waals surface area contributed by atoms with Gasteiger partial charge in [0.05, 0.1) is 55.8 Å². The van der Waals surface area contributed by atoms with Gasteiger partial charge in [-0.3, -0.25) is 9.36 Å². The molecule has 4 N–H and O–H groups in total. The fourth-order valence-electron chi connectivity index (χ4n) is 8.37. The van der Waals surface area contributed by atoms with Crippen LogP contribution in [0.3, 0.4) is 0 Å². The number of carbonyl (C=O) groups excluding carboxylic acids is 2. The zero-order valence-electron chi connectivity index (χ0n) is 37.1. The topological polar surface area (TPSA) is 185 Å². The van der Waals surface area contributed by atoms with Crippen LogP contribution in [-0.2, 0) is 41.6 Å². The number of carbonyl (C=O) groups is 2. The number of amides is 3. The molecule has 2 fully saturated rings. The molecule has 22 heteroatoms. The second-order valence-corrected chi connectivity index (χ2v) is 15.8. The molecule has 17 nitrogen and oxygen atoms in total. The van der Waals surface area contributed by atoms with E-state index in [4.69, 9.17) is 25.4 Å². The van der Waals surface area contributed by atoms with E-state index < -0.39 is 24.3 Å². The third-order valence-electron chi connectivity index (χ3n) is 11.9. The number of halogens is 5. The number of hydrogen-bond acceptors (Lipinski definition) is 12. The summed E-state index contributed by atoms with van der Waals surface area (Å²) in [4.78, 5) is 39.2. The number of nitrogens with two attached hydrogens (primary N) is 1. The Labute approximate surface area is 368 Å². The zero-order valence-corrected chi connectivity index (χ0v) is 37.1. The average Bonchev–Trinajstić information content (AvgIpc) is 3.86. The Morgan fingerprint density at radius 2 is 1.44 bits per heavy atom. The molecule has 7 heterocycles. The number of nitrogens with one attached hydrogen (secondary N) is 1. The van der Waals surface area contributed by atoms with Crippen molar-refractivity contribution in [2.24, 2.45) is 0 Å². The molecule has 4 aromatic heterocycles. The normalized spacial score (nSPS) is 18.4. The van der Waals surface area contributed by atoms with Crippen LogP contribution in [0.4, 0.5) is 60.5 Å². The van der Waals surface area contributed by atoms with Crippen LogP contribution in [0.15, 0.2) is 24.5 Å². The minimum atomic E-state index is -4.47. The monoisotopic (exact) mass is 904 g/mol. The van der Waals surface area contributed by atoms with Crippen molar-refractivity contribution in [3.8, 4) is 0 Å². The SMILES string of the molecule is CC.CNC(=O)N1CCc2c(c(N(C)c3cc(C(F)(F)F)c(C)cn3)nn2C2CCOCC2)C1.COC(=O)N1CCc2c(c(N(C)c3cc(C(F)F)c(N)cn3)nn2C2CC(O)C2)C1. The first-order chi connectivity index (χ1) is 30.5. The Kier molecular flexibility index (Phi) is 14.9. The summed E-state index contributed by atoms with van der Waals surface area (Å²) in [5, 5.41) is 21.9. The summed E-state index contributed by atoms with van der Waals surface area (Å²) >= 11 is 0. The molecular weight excluding hydrogens is 848 g/mol. The predicted molar refractivity (Wildman–Crippen MR) is 228 cm³/mol. The van der Waals surface area contributed by atoms with Gasteiger partial charge in [0.2, 0.25) is 0 Å². The lowest BCUT2D eigenvalue weighted by atomic mass is 9.89. The molecule has 1 saturated carbocycles. The quantitative estimate of drug-likeness (QED) is 0.165. The molecule has 0 aromatic carbocycles. The summed E-state index contributed by atoms with van der Waals surface area (Å²) in [6, 6.07) is 2.32. The number of ether oxygens (including phenoxy) is 2. The molecule has 4 aliphatic rings. The van der Waals surface area contributed by atoms with E-state index in [1.165, 1.54) is 32.5 Å². The molecule has 0 radical (unpaired) electrons. The van der Waals surface area contributed by atoms with Gasteiger partial charge in [-0.1, -0.05) is 13.8 Å². The van der Waals surface area contributed by atoms with E-state index in [0.29, 0.717) is 70.2 Å². The van der Waals surface area contributed by atoms with Crippen LogP contribution in [0.1, 0.15) is 97.2 Å². The number of rotatable bonds is 7. The Bertz CT molecular complexity index is 2280. The highest BCUT2D eigenvalue weighted by Gasteiger charge is 2.38. The van der Waals surface area contributed by atoms with Crippen LogP contribution < -0.4 is 20.9 Å². The predicted octanol–water partition coefficient (Wildman–Crippen LogP) is 6.83. The molecule has 1 saturated heterocycles. The summed E-state index contributed by atoms with van der Waals surface area (Å²) in [5.41, 5.74) is 8.24. The summed E-state index contributed by atoms with van der Waals surface area (Å²) in [6.07, 6.45) is -1.50. The molecule has 3 amide bonds. The number of aliphatic hydroxyl groups is 1. The second kappa shape index (κ2) is 20.0. The van der Waals surface area contributed by atoms with Gasteiger partial charge in [0.25, 0.3) is 6.43 Å². The maximum Gasteiger partial charge on any atom is 0.416 e. The fraction of sp³-hybridized carbons (Fsp3) is 0.571. The summed E-state index contributed by atoms with van der Waals surface area (Å²) in [7, 11) is 6.25. The minimum absolute atomic E-state index is 0.0650. The highest BCUT2D eigenvalue weighted by molar-refractivity contribution is 5.75. The van der Waals surface area contributed by atoms with E-state index in [2.05, 4.69) is 15.3 Å². The first kappa shape index (κ1) is 47.7. The van der Waals surface area contributed by atoms with E-state index in [0.717, 1.165) is 41.4 Å². The lowest BCUT2D eigenvalue weighted by molar-refractivity contribution is -0.138. The molecule has 3 aliphatic heterocycles. The molecule has 0 unspecified atom stereocenters. The van der Waals surface area contributed by atoms with E-state index in [9.17, 15) is 36.6 Å².